The van der Waals surface area contributed by atoms with E-state index in [0.29, 0.717) is 18.8 Å². The van der Waals surface area contributed by atoms with Crippen molar-refractivity contribution in [3.63, 3.8) is 0 Å². The first-order valence-corrected chi connectivity index (χ1v) is 7.25. The monoisotopic (exact) mass is 278 g/mol. The molecule has 1 aromatic rings. The number of rotatable bonds is 2. The maximum Gasteiger partial charge on any atom is 0.256 e. The van der Waals surface area contributed by atoms with Crippen molar-refractivity contribution in [2.45, 2.75) is 32.4 Å². The summed E-state index contributed by atoms with van der Waals surface area (Å²) in [4.78, 5) is 22.3. The molecule has 0 amide bonds. The molecule has 6 heteroatoms. The summed E-state index contributed by atoms with van der Waals surface area (Å²) in [7, 11) is 0. The quantitative estimate of drug-likeness (QED) is 0.796. The van der Waals surface area contributed by atoms with Gasteiger partial charge in [-0.05, 0) is 13.8 Å². The second-order valence-electron chi connectivity index (χ2n) is 5.94. The molecule has 3 heterocycles. The van der Waals surface area contributed by atoms with Crippen LogP contribution in [0.25, 0.3) is 0 Å². The summed E-state index contributed by atoms with van der Waals surface area (Å²) >= 11 is 0. The number of aromatic amines is 1. The lowest BCUT2D eigenvalue weighted by atomic mass is 9.99. The highest BCUT2D eigenvalue weighted by Crippen LogP contribution is 2.25. The van der Waals surface area contributed by atoms with Gasteiger partial charge in [0.05, 0.1) is 30.0 Å². The van der Waals surface area contributed by atoms with Gasteiger partial charge in [0.25, 0.3) is 5.56 Å². The van der Waals surface area contributed by atoms with Gasteiger partial charge < -0.3 is 15.0 Å². The number of H-pyrrole nitrogens is 1. The summed E-state index contributed by atoms with van der Waals surface area (Å²) in [6, 6.07) is 0. The second-order valence-corrected chi connectivity index (χ2v) is 5.94. The van der Waals surface area contributed by atoms with E-state index in [9.17, 15) is 4.79 Å². The lowest BCUT2D eigenvalue weighted by Crippen LogP contribution is -2.53. The molecule has 1 fully saturated rings. The Morgan fingerprint density at radius 3 is 2.80 bits per heavy atom. The molecule has 0 aromatic carbocycles. The van der Waals surface area contributed by atoms with Gasteiger partial charge in [-0.25, -0.2) is 4.98 Å². The number of fused-ring (bicyclic) bond motifs is 1. The van der Waals surface area contributed by atoms with Crippen LogP contribution in [-0.2, 0) is 23.3 Å². The van der Waals surface area contributed by atoms with Gasteiger partial charge in [0.15, 0.2) is 0 Å². The first-order chi connectivity index (χ1) is 9.59. The highest BCUT2D eigenvalue weighted by molar-refractivity contribution is 5.21. The summed E-state index contributed by atoms with van der Waals surface area (Å²) in [5.74, 6) is 0.769. The predicted molar refractivity (Wildman–Crippen MR) is 75.7 cm³/mol. The highest BCUT2D eigenvalue weighted by Gasteiger charge is 2.33. The molecular formula is C14H22N4O2. The fourth-order valence-electron chi connectivity index (χ4n) is 2.91. The molecule has 1 aromatic heterocycles. The van der Waals surface area contributed by atoms with Crippen molar-refractivity contribution < 1.29 is 4.74 Å². The number of hydrogen-bond donors (Lipinski definition) is 2. The van der Waals surface area contributed by atoms with Crippen LogP contribution in [0.3, 0.4) is 0 Å². The van der Waals surface area contributed by atoms with Crippen LogP contribution in [0.4, 0.5) is 0 Å². The molecular weight excluding hydrogens is 256 g/mol. The van der Waals surface area contributed by atoms with E-state index in [2.05, 4.69) is 29.0 Å². The standard InChI is InChI=1S/C14H22N4O2/c1-14(2,18-6-4-15-5-7-18)13-16-11-3-8-20-9-10(11)12(19)17-13/h15H,3-9H2,1-2H3,(H,16,17,19). The van der Waals surface area contributed by atoms with E-state index in [4.69, 9.17) is 9.72 Å². The van der Waals surface area contributed by atoms with E-state index in [1.165, 1.54) is 0 Å². The molecule has 1 saturated heterocycles. The van der Waals surface area contributed by atoms with Crippen molar-refractivity contribution in [3.05, 3.63) is 27.4 Å². The number of piperazine rings is 1. The van der Waals surface area contributed by atoms with Crippen LogP contribution in [0, 0.1) is 0 Å². The summed E-state index contributed by atoms with van der Waals surface area (Å²) in [5, 5.41) is 3.35. The van der Waals surface area contributed by atoms with E-state index < -0.39 is 0 Å². The largest absolute Gasteiger partial charge is 0.376 e. The summed E-state index contributed by atoms with van der Waals surface area (Å²) in [6.45, 7) is 9.18. The number of aromatic nitrogens is 2. The summed E-state index contributed by atoms with van der Waals surface area (Å²) < 4.78 is 5.34. The lowest BCUT2D eigenvalue weighted by Gasteiger charge is -2.40. The molecule has 110 valence electrons. The van der Waals surface area contributed by atoms with Crippen LogP contribution in [0.15, 0.2) is 4.79 Å². The van der Waals surface area contributed by atoms with Crippen LogP contribution in [-0.4, -0.2) is 47.7 Å². The zero-order valence-electron chi connectivity index (χ0n) is 12.2. The van der Waals surface area contributed by atoms with Crippen molar-refractivity contribution in [3.8, 4) is 0 Å². The van der Waals surface area contributed by atoms with E-state index in [1.807, 2.05) is 0 Å². The van der Waals surface area contributed by atoms with Gasteiger partial charge in [-0.15, -0.1) is 0 Å². The Balaban J connectivity index is 1.96. The Kier molecular flexibility index (Phi) is 3.62. The van der Waals surface area contributed by atoms with Crippen LogP contribution in [0.5, 0.6) is 0 Å². The van der Waals surface area contributed by atoms with Crippen molar-refractivity contribution in [2.75, 3.05) is 32.8 Å². The second kappa shape index (κ2) is 5.27. The van der Waals surface area contributed by atoms with Crippen molar-refractivity contribution in [2.24, 2.45) is 0 Å². The van der Waals surface area contributed by atoms with Gasteiger partial charge >= 0.3 is 0 Å². The third-order valence-corrected chi connectivity index (χ3v) is 4.32. The third kappa shape index (κ3) is 2.39. The van der Waals surface area contributed by atoms with Crippen molar-refractivity contribution in [1.82, 2.24) is 20.2 Å². The number of nitrogens with zero attached hydrogens (tertiary/aromatic N) is 2. The fraction of sp³-hybridized carbons (Fsp3) is 0.714. The minimum atomic E-state index is -0.255. The normalized spacial score (nSPS) is 20.7. The van der Waals surface area contributed by atoms with Gasteiger partial charge in [0, 0.05) is 32.6 Å². The van der Waals surface area contributed by atoms with Crippen LogP contribution < -0.4 is 10.9 Å². The summed E-state index contributed by atoms with van der Waals surface area (Å²) in [6.07, 6.45) is 0.726. The average Bonchev–Trinajstić information content (AvgIpc) is 2.48. The average molecular weight is 278 g/mol. The Morgan fingerprint density at radius 2 is 2.05 bits per heavy atom. The van der Waals surface area contributed by atoms with Crippen molar-refractivity contribution in [1.29, 1.82) is 0 Å². The molecule has 2 aliphatic heterocycles. The molecule has 20 heavy (non-hydrogen) atoms. The first-order valence-electron chi connectivity index (χ1n) is 7.25. The number of nitrogens with one attached hydrogen (secondary N) is 2. The minimum Gasteiger partial charge on any atom is -0.376 e. The zero-order chi connectivity index (χ0) is 14.2. The fourth-order valence-corrected chi connectivity index (χ4v) is 2.91. The van der Waals surface area contributed by atoms with Crippen molar-refractivity contribution >= 4 is 0 Å². The maximum absolute atomic E-state index is 12.2. The number of ether oxygens (including phenoxy) is 1. The lowest BCUT2D eigenvalue weighted by molar-refractivity contribution is 0.0902. The Hall–Kier alpha value is -1.24. The van der Waals surface area contributed by atoms with E-state index >= 15 is 0 Å². The van der Waals surface area contributed by atoms with Gasteiger partial charge in [-0.2, -0.15) is 0 Å². The van der Waals surface area contributed by atoms with Crippen LogP contribution in [0.1, 0.15) is 30.9 Å². The number of hydrogen-bond acceptors (Lipinski definition) is 5. The van der Waals surface area contributed by atoms with E-state index in [-0.39, 0.29) is 11.1 Å². The molecule has 0 unspecified atom stereocenters. The highest BCUT2D eigenvalue weighted by atomic mass is 16.5. The molecule has 0 radical (unpaired) electrons. The van der Waals surface area contributed by atoms with E-state index in [1.54, 1.807) is 0 Å². The van der Waals surface area contributed by atoms with Gasteiger partial charge in [0.2, 0.25) is 0 Å². The molecule has 3 rings (SSSR count). The minimum absolute atomic E-state index is 0.0482. The van der Waals surface area contributed by atoms with Gasteiger partial charge in [-0.1, -0.05) is 0 Å². The van der Waals surface area contributed by atoms with Gasteiger partial charge in [0.1, 0.15) is 5.82 Å². The zero-order valence-corrected chi connectivity index (χ0v) is 12.2. The third-order valence-electron chi connectivity index (χ3n) is 4.32. The molecule has 0 bridgehead atoms. The molecule has 0 aliphatic carbocycles. The molecule has 0 saturated carbocycles. The Labute approximate surface area is 118 Å². The molecule has 6 nitrogen and oxygen atoms in total. The summed E-state index contributed by atoms with van der Waals surface area (Å²) in [5.41, 5.74) is 1.29. The van der Waals surface area contributed by atoms with E-state index in [0.717, 1.165) is 44.1 Å². The smallest absolute Gasteiger partial charge is 0.256 e. The predicted octanol–water partition coefficient (Wildman–Crippen LogP) is -0.0171. The van der Waals surface area contributed by atoms with Crippen LogP contribution >= 0.6 is 0 Å². The Morgan fingerprint density at radius 1 is 1.30 bits per heavy atom. The molecule has 0 spiro atoms. The SMILES string of the molecule is CC(C)(c1nc2c(c(=O)[nH]1)COCC2)N1CCNCC1. The first kappa shape index (κ1) is 13.7. The van der Waals surface area contributed by atoms with Gasteiger partial charge in [-0.3, -0.25) is 9.69 Å². The topological polar surface area (TPSA) is 70.2 Å². The molecule has 2 N–H and O–H groups in total. The Bertz CT molecular complexity index is 547. The maximum atomic E-state index is 12.2. The molecule has 2 aliphatic rings. The van der Waals surface area contributed by atoms with Crippen LogP contribution in [0.2, 0.25) is 0 Å². The molecule has 0 atom stereocenters.